The third-order valence-corrected chi connectivity index (χ3v) is 7.10. The zero-order valence-electron chi connectivity index (χ0n) is 19.6. The van der Waals surface area contributed by atoms with Crippen LogP contribution in [0.3, 0.4) is 0 Å². The maximum Gasteiger partial charge on any atom is 0.267 e. The Kier molecular flexibility index (Phi) is 9.94. The van der Waals surface area contributed by atoms with Gasteiger partial charge in [0.25, 0.3) is 11.5 Å². The highest BCUT2D eigenvalue weighted by Crippen LogP contribution is 2.33. The monoisotopic (exact) mass is 486 g/mol. The molecule has 0 spiro atoms. The zero-order valence-corrected chi connectivity index (χ0v) is 21.3. The summed E-state index contributed by atoms with van der Waals surface area (Å²) in [5.41, 5.74) is 0.781. The van der Waals surface area contributed by atoms with Gasteiger partial charge in [-0.2, -0.15) is 0 Å². The van der Waals surface area contributed by atoms with Crippen molar-refractivity contribution in [2.24, 2.45) is 0 Å². The Morgan fingerprint density at radius 1 is 1.03 bits per heavy atom. The summed E-state index contributed by atoms with van der Waals surface area (Å²) < 4.78 is 2.08. The fourth-order valence-corrected chi connectivity index (χ4v) is 5.11. The lowest BCUT2D eigenvalue weighted by Gasteiger charge is -2.14. The van der Waals surface area contributed by atoms with Crippen molar-refractivity contribution in [2.45, 2.75) is 71.6 Å². The molecule has 0 unspecified atom stereocenters. The number of carbonyl (C=O) groups is 1. The van der Waals surface area contributed by atoms with Crippen LogP contribution in [0.2, 0.25) is 0 Å². The Labute approximate surface area is 205 Å². The predicted octanol–water partition coefficient (Wildman–Crippen LogP) is 5.86. The second-order valence-electron chi connectivity index (χ2n) is 8.34. The van der Waals surface area contributed by atoms with Crippen LogP contribution in [0, 0.1) is 0 Å². The van der Waals surface area contributed by atoms with E-state index < -0.39 is 0 Å². The van der Waals surface area contributed by atoms with Gasteiger partial charge in [-0.15, -0.1) is 0 Å². The van der Waals surface area contributed by atoms with E-state index in [0.717, 1.165) is 38.6 Å². The minimum absolute atomic E-state index is 0.118. The number of thiocarbonyl (C=S) groups is 1. The summed E-state index contributed by atoms with van der Waals surface area (Å²) in [6, 6.07) is 5.46. The molecule has 3 heterocycles. The van der Waals surface area contributed by atoms with Crippen molar-refractivity contribution < 1.29 is 4.79 Å². The van der Waals surface area contributed by atoms with Gasteiger partial charge in [-0.05, 0) is 31.1 Å². The van der Waals surface area contributed by atoms with Gasteiger partial charge >= 0.3 is 0 Å². The molecule has 8 heteroatoms. The van der Waals surface area contributed by atoms with Crippen LogP contribution in [0.1, 0.15) is 77.2 Å². The van der Waals surface area contributed by atoms with Crippen LogP contribution in [0.5, 0.6) is 0 Å². The Balaban J connectivity index is 1.80. The third-order valence-electron chi connectivity index (χ3n) is 5.73. The van der Waals surface area contributed by atoms with Crippen molar-refractivity contribution in [1.82, 2.24) is 14.3 Å². The zero-order chi connectivity index (χ0) is 23.6. The standard InChI is InChI=1S/C25H34N4O2S2/c1-3-5-7-8-9-12-17-29-24(31)20(33-25(29)32)18-19-22(26-15-11-6-4-2)27-21-14-10-13-16-28(21)23(19)30/h10,13-14,16,18,26H,3-9,11-12,15,17H2,1-2H3/b20-18+. The van der Waals surface area contributed by atoms with Crippen molar-refractivity contribution in [2.75, 3.05) is 18.4 Å². The summed E-state index contributed by atoms with van der Waals surface area (Å²) in [4.78, 5) is 33.2. The van der Waals surface area contributed by atoms with Crippen molar-refractivity contribution >= 4 is 51.7 Å². The number of anilines is 1. The molecule has 3 rings (SSSR count). The SMILES string of the molecule is CCCCCCCCN1C(=O)/C(=C\c2c(NCCCCC)nc3ccccn3c2=O)SC1=S. The fraction of sp³-hybridized carbons (Fsp3) is 0.520. The van der Waals surface area contributed by atoms with Gasteiger partial charge in [0.1, 0.15) is 15.8 Å². The summed E-state index contributed by atoms with van der Waals surface area (Å²) in [6.07, 6.45) is 13.5. The van der Waals surface area contributed by atoms with E-state index in [1.54, 1.807) is 23.2 Å². The smallest absolute Gasteiger partial charge is 0.267 e. The Bertz CT molecular complexity index is 1060. The van der Waals surface area contributed by atoms with Crippen LogP contribution < -0.4 is 10.9 Å². The van der Waals surface area contributed by atoms with Gasteiger partial charge in [0.05, 0.1) is 10.5 Å². The quantitative estimate of drug-likeness (QED) is 0.217. The van der Waals surface area contributed by atoms with E-state index in [9.17, 15) is 9.59 Å². The van der Waals surface area contributed by atoms with Crippen LogP contribution in [-0.4, -0.2) is 37.6 Å². The first-order valence-corrected chi connectivity index (χ1v) is 13.3. The molecule has 33 heavy (non-hydrogen) atoms. The summed E-state index contributed by atoms with van der Waals surface area (Å²) in [6.45, 7) is 5.71. The van der Waals surface area contributed by atoms with E-state index in [1.165, 1.54) is 41.8 Å². The molecule has 2 aromatic heterocycles. The van der Waals surface area contributed by atoms with Crippen molar-refractivity contribution in [1.29, 1.82) is 0 Å². The molecule has 2 aromatic rings. The van der Waals surface area contributed by atoms with E-state index in [0.29, 0.717) is 32.8 Å². The summed E-state index contributed by atoms with van der Waals surface area (Å²) in [5, 5.41) is 3.31. The van der Waals surface area contributed by atoms with E-state index in [1.807, 2.05) is 12.1 Å². The highest BCUT2D eigenvalue weighted by atomic mass is 32.2. The number of rotatable bonds is 13. The lowest BCUT2D eigenvalue weighted by molar-refractivity contribution is -0.122. The summed E-state index contributed by atoms with van der Waals surface area (Å²) >= 11 is 6.75. The lowest BCUT2D eigenvalue weighted by Crippen LogP contribution is -2.29. The average Bonchev–Trinajstić information content (AvgIpc) is 3.08. The molecule has 1 aliphatic rings. The van der Waals surface area contributed by atoms with Gasteiger partial charge < -0.3 is 5.32 Å². The number of unbranched alkanes of at least 4 members (excludes halogenated alkanes) is 7. The number of nitrogens with one attached hydrogen (secondary N) is 1. The molecule has 0 bridgehead atoms. The predicted molar refractivity (Wildman–Crippen MR) is 143 cm³/mol. The molecular weight excluding hydrogens is 452 g/mol. The number of thioether (sulfide) groups is 1. The average molecular weight is 487 g/mol. The van der Waals surface area contributed by atoms with E-state index >= 15 is 0 Å². The Morgan fingerprint density at radius 3 is 2.55 bits per heavy atom. The molecule has 1 saturated heterocycles. The van der Waals surface area contributed by atoms with Gasteiger partial charge in [-0.1, -0.05) is 88.8 Å². The third kappa shape index (κ3) is 6.67. The normalized spacial score (nSPS) is 15.2. The molecule has 0 radical (unpaired) electrons. The number of pyridine rings is 1. The largest absolute Gasteiger partial charge is 0.369 e. The van der Waals surface area contributed by atoms with Crippen LogP contribution in [0.4, 0.5) is 5.82 Å². The van der Waals surface area contributed by atoms with Crippen LogP contribution >= 0.6 is 24.0 Å². The molecule has 178 valence electrons. The Morgan fingerprint density at radius 2 is 1.76 bits per heavy atom. The number of carbonyl (C=O) groups excluding carboxylic acids is 1. The van der Waals surface area contributed by atoms with Crippen molar-refractivity contribution in [3.05, 3.63) is 45.2 Å². The minimum atomic E-state index is -0.195. The molecule has 0 aromatic carbocycles. The number of fused-ring (bicyclic) bond motifs is 1. The van der Waals surface area contributed by atoms with Gasteiger partial charge in [0, 0.05) is 19.3 Å². The van der Waals surface area contributed by atoms with Crippen LogP contribution in [0.25, 0.3) is 11.7 Å². The van der Waals surface area contributed by atoms with Gasteiger partial charge in [0.15, 0.2) is 0 Å². The topological polar surface area (TPSA) is 66.7 Å². The summed E-state index contributed by atoms with van der Waals surface area (Å²) in [7, 11) is 0. The number of hydrogen-bond donors (Lipinski definition) is 1. The summed E-state index contributed by atoms with van der Waals surface area (Å²) in [5.74, 6) is 0.400. The first-order chi connectivity index (χ1) is 16.1. The van der Waals surface area contributed by atoms with E-state index in [-0.39, 0.29) is 11.5 Å². The highest BCUT2D eigenvalue weighted by Gasteiger charge is 2.32. The number of nitrogens with zero attached hydrogens (tertiary/aromatic N) is 3. The number of amides is 1. The van der Waals surface area contributed by atoms with Gasteiger partial charge in [-0.25, -0.2) is 4.98 Å². The maximum atomic E-state index is 13.3. The molecule has 0 saturated carbocycles. The molecule has 1 aliphatic heterocycles. The van der Waals surface area contributed by atoms with Crippen LogP contribution in [-0.2, 0) is 4.79 Å². The first-order valence-electron chi connectivity index (χ1n) is 12.1. The molecule has 1 N–H and O–H groups in total. The van der Waals surface area contributed by atoms with Gasteiger partial charge in [-0.3, -0.25) is 18.9 Å². The number of aromatic nitrogens is 2. The number of hydrogen-bond acceptors (Lipinski definition) is 6. The van der Waals surface area contributed by atoms with Gasteiger partial charge in [0.2, 0.25) is 0 Å². The van der Waals surface area contributed by atoms with Crippen molar-refractivity contribution in [3.8, 4) is 0 Å². The molecule has 0 atom stereocenters. The second-order valence-corrected chi connectivity index (χ2v) is 10.0. The fourth-order valence-electron chi connectivity index (χ4n) is 3.82. The maximum absolute atomic E-state index is 13.3. The second kappa shape index (κ2) is 12.9. The molecule has 6 nitrogen and oxygen atoms in total. The lowest BCUT2D eigenvalue weighted by atomic mass is 10.1. The molecular formula is C25H34N4O2S2. The highest BCUT2D eigenvalue weighted by molar-refractivity contribution is 8.26. The first kappa shape index (κ1) is 25.4. The minimum Gasteiger partial charge on any atom is -0.369 e. The van der Waals surface area contributed by atoms with Crippen molar-refractivity contribution in [3.63, 3.8) is 0 Å². The Hall–Kier alpha value is -2.19. The molecule has 0 aliphatic carbocycles. The molecule has 1 amide bonds. The van der Waals surface area contributed by atoms with Crippen LogP contribution in [0.15, 0.2) is 34.1 Å². The van der Waals surface area contributed by atoms with E-state index in [2.05, 4.69) is 24.1 Å². The molecule has 1 fully saturated rings. The van der Waals surface area contributed by atoms with E-state index in [4.69, 9.17) is 12.2 Å².